The van der Waals surface area contributed by atoms with Crippen molar-refractivity contribution < 1.29 is 14.3 Å². The maximum absolute atomic E-state index is 12.9. The van der Waals surface area contributed by atoms with E-state index in [4.69, 9.17) is 21.3 Å². The van der Waals surface area contributed by atoms with Crippen LogP contribution in [0.4, 0.5) is 9.80 Å². The van der Waals surface area contributed by atoms with Crippen LogP contribution in [-0.2, 0) is 16.1 Å². The van der Waals surface area contributed by atoms with Crippen molar-refractivity contribution >= 4 is 51.5 Å². The number of ether oxygens (including phenoxy) is 1. The van der Waals surface area contributed by atoms with Crippen LogP contribution in [0.1, 0.15) is 41.0 Å². The van der Waals surface area contributed by atoms with E-state index in [-0.39, 0.29) is 18.3 Å². The quantitative estimate of drug-likeness (QED) is 0.391. The first-order valence-corrected chi connectivity index (χ1v) is 12.4. The minimum Gasteiger partial charge on any atom is -0.445 e. The van der Waals surface area contributed by atoms with Gasteiger partial charge in [-0.2, -0.15) is 5.10 Å². The number of nitrogens with zero attached hydrogens (tertiary/aromatic N) is 2. The molecule has 186 valence electrons. The van der Waals surface area contributed by atoms with Gasteiger partial charge in [-0.25, -0.2) is 15.2 Å². The van der Waals surface area contributed by atoms with Gasteiger partial charge in [-0.3, -0.25) is 10.1 Å². The maximum Gasteiger partial charge on any atom is 0.409 e. The number of hydrogen-bond donors (Lipinski definition) is 3. The van der Waals surface area contributed by atoms with E-state index in [1.807, 2.05) is 56.3 Å². The fourth-order valence-corrected chi connectivity index (χ4v) is 4.88. The zero-order valence-electron chi connectivity index (χ0n) is 20.3. The number of hydrazone groups is 1. The number of carbonyl (C=O) groups excluding carboxylic acids is 2. The molecule has 1 aliphatic rings. The van der Waals surface area contributed by atoms with E-state index >= 15 is 0 Å². The van der Waals surface area contributed by atoms with E-state index < -0.39 is 11.8 Å². The number of halogens is 1. The predicted octanol–water partition coefficient (Wildman–Crippen LogP) is 5.37. The molecule has 3 aromatic rings. The number of anilines is 1. The van der Waals surface area contributed by atoms with Crippen LogP contribution in [0.25, 0.3) is 0 Å². The van der Waals surface area contributed by atoms with Gasteiger partial charge in [-0.1, -0.05) is 54.1 Å². The van der Waals surface area contributed by atoms with Crippen LogP contribution < -0.4 is 16.1 Å². The molecular weight excluding hydrogens is 498 g/mol. The highest BCUT2D eigenvalue weighted by atomic mass is 35.5. The summed E-state index contributed by atoms with van der Waals surface area (Å²) in [7, 11) is 0. The molecule has 36 heavy (non-hydrogen) atoms. The van der Waals surface area contributed by atoms with Crippen LogP contribution in [0.5, 0.6) is 0 Å². The smallest absolute Gasteiger partial charge is 0.409 e. The molecule has 0 bridgehead atoms. The second-order valence-electron chi connectivity index (χ2n) is 8.47. The highest BCUT2D eigenvalue weighted by molar-refractivity contribution is 7.17. The van der Waals surface area contributed by atoms with E-state index in [9.17, 15) is 9.59 Å². The molecule has 0 saturated heterocycles. The molecule has 3 N–H and O–H groups in total. The first-order valence-electron chi connectivity index (χ1n) is 11.2. The number of nitrogens with one attached hydrogen (secondary N) is 3. The standard InChI is InChI=1S/C26H26ClN5O3S/c1-15-16(2)36-23-21(15)22(19-10-12-20(27)13-11-19)29-26(4,24(28-23)32-31-17(3)33)30-25(34)35-14-18-8-6-5-7-9-18/h5-13H,14H2,1-4H3,(H,28,32)(H,30,34)(H,31,33). The van der Waals surface area contributed by atoms with E-state index in [1.54, 1.807) is 30.4 Å². The van der Waals surface area contributed by atoms with Crippen LogP contribution in [0, 0.1) is 13.8 Å². The molecule has 1 unspecified atom stereocenters. The van der Waals surface area contributed by atoms with Gasteiger partial charge in [-0.15, -0.1) is 11.3 Å². The third kappa shape index (κ3) is 5.58. The zero-order chi connectivity index (χ0) is 25.9. The van der Waals surface area contributed by atoms with Crippen molar-refractivity contribution in [2.24, 2.45) is 10.1 Å². The number of thiophene rings is 1. The number of hydrogen-bond acceptors (Lipinski definition) is 6. The number of rotatable bonds is 5. The Morgan fingerprint density at radius 2 is 1.83 bits per heavy atom. The van der Waals surface area contributed by atoms with Gasteiger partial charge in [0.25, 0.3) is 0 Å². The summed E-state index contributed by atoms with van der Waals surface area (Å²) in [5, 5.41) is 11.8. The molecule has 10 heteroatoms. The number of carbonyl (C=O) groups is 2. The third-order valence-corrected chi connectivity index (χ3v) is 7.03. The molecular formula is C26H26ClN5O3S. The van der Waals surface area contributed by atoms with Crippen molar-refractivity contribution in [1.82, 2.24) is 10.7 Å². The average molecular weight is 524 g/mol. The molecule has 0 fully saturated rings. The summed E-state index contributed by atoms with van der Waals surface area (Å²) in [6.45, 7) is 7.19. The summed E-state index contributed by atoms with van der Waals surface area (Å²) in [5.41, 5.74) is 5.30. The Labute approximate surface area is 218 Å². The molecule has 0 radical (unpaired) electrons. The Morgan fingerprint density at radius 3 is 2.50 bits per heavy atom. The first-order chi connectivity index (χ1) is 17.2. The molecule has 2 amide bonds. The second-order valence-corrected chi connectivity index (χ2v) is 10.1. The Balaban J connectivity index is 1.78. The molecule has 0 aliphatic carbocycles. The lowest BCUT2D eigenvalue weighted by atomic mass is 10.00. The van der Waals surface area contributed by atoms with Gasteiger partial charge in [0.2, 0.25) is 5.91 Å². The molecule has 8 nitrogen and oxygen atoms in total. The molecule has 0 spiro atoms. The van der Waals surface area contributed by atoms with Gasteiger partial charge < -0.3 is 10.1 Å². The fourth-order valence-electron chi connectivity index (χ4n) is 3.70. The van der Waals surface area contributed by atoms with Crippen LogP contribution in [0.15, 0.2) is 64.7 Å². The highest BCUT2D eigenvalue weighted by Crippen LogP contribution is 2.38. The molecule has 0 saturated carbocycles. The third-order valence-electron chi connectivity index (χ3n) is 5.65. The SMILES string of the molecule is CC(=O)N/N=C1\Nc2sc(C)c(C)c2C(c2ccc(Cl)cc2)=NC1(C)NC(=O)OCc1ccccc1. The zero-order valence-corrected chi connectivity index (χ0v) is 21.9. The van der Waals surface area contributed by atoms with Gasteiger partial charge >= 0.3 is 6.09 Å². The largest absolute Gasteiger partial charge is 0.445 e. The summed E-state index contributed by atoms with van der Waals surface area (Å²) in [5.74, 6) is -0.121. The first kappa shape index (κ1) is 25.4. The van der Waals surface area contributed by atoms with Crippen molar-refractivity contribution in [1.29, 1.82) is 0 Å². The minimum absolute atomic E-state index is 0.0910. The van der Waals surface area contributed by atoms with Crippen LogP contribution in [0.3, 0.4) is 0 Å². The van der Waals surface area contributed by atoms with Crippen molar-refractivity contribution in [3.63, 3.8) is 0 Å². The van der Waals surface area contributed by atoms with Crippen LogP contribution in [-0.4, -0.2) is 29.2 Å². The Bertz CT molecular complexity index is 1350. The lowest BCUT2D eigenvalue weighted by Crippen LogP contribution is -2.54. The van der Waals surface area contributed by atoms with E-state index in [1.165, 1.54) is 6.92 Å². The summed E-state index contributed by atoms with van der Waals surface area (Å²) in [6, 6.07) is 16.7. The van der Waals surface area contributed by atoms with Crippen molar-refractivity contribution in [2.75, 3.05) is 5.32 Å². The van der Waals surface area contributed by atoms with Gasteiger partial charge in [0.1, 0.15) is 11.6 Å². The van der Waals surface area contributed by atoms with Crippen LogP contribution >= 0.6 is 22.9 Å². The fraction of sp³-hybridized carbons (Fsp3) is 0.231. The van der Waals surface area contributed by atoms with Crippen molar-refractivity contribution in [3.05, 3.63) is 86.8 Å². The predicted molar refractivity (Wildman–Crippen MR) is 144 cm³/mol. The number of fused-ring (bicyclic) bond motifs is 1. The minimum atomic E-state index is -1.40. The van der Waals surface area contributed by atoms with Gasteiger partial charge in [0, 0.05) is 28.0 Å². The number of aliphatic imine (C=N–C) groups is 1. The second kappa shape index (κ2) is 10.5. The average Bonchev–Trinajstić information content (AvgIpc) is 3.05. The molecule has 4 rings (SSSR count). The Kier molecular flexibility index (Phi) is 7.42. The van der Waals surface area contributed by atoms with Gasteiger partial charge in [-0.05, 0) is 44.0 Å². The summed E-state index contributed by atoms with van der Waals surface area (Å²) in [6.07, 6.45) is -0.684. The molecule has 1 aliphatic heterocycles. The monoisotopic (exact) mass is 523 g/mol. The topological polar surface area (TPSA) is 104 Å². The molecule has 1 aromatic heterocycles. The highest BCUT2D eigenvalue weighted by Gasteiger charge is 2.39. The van der Waals surface area contributed by atoms with E-state index in [2.05, 4.69) is 21.2 Å². The van der Waals surface area contributed by atoms with E-state index in [0.29, 0.717) is 10.7 Å². The van der Waals surface area contributed by atoms with Gasteiger partial charge in [0.05, 0.1) is 5.71 Å². The van der Waals surface area contributed by atoms with Gasteiger partial charge in [0.15, 0.2) is 11.5 Å². The summed E-state index contributed by atoms with van der Waals surface area (Å²) >= 11 is 7.68. The number of amides is 2. The summed E-state index contributed by atoms with van der Waals surface area (Å²) in [4.78, 5) is 30.7. The number of alkyl carbamates (subject to hydrolysis) is 1. The maximum atomic E-state index is 12.9. The lowest BCUT2D eigenvalue weighted by molar-refractivity contribution is -0.118. The molecule has 2 heterocycles. The number of benzene rings is 2. The summed E-state index contributed by atoms with van der Waals surface area (Å²) < 4.78 is 5.46. The number of aryl methyl sites for hydroxylation is 1. The van der Waals surface area contributed by atoms with Crippen molar-refractivity contribution in [2.45, 2.75) is 40.0 Å². The van der Waals surface area contributed by atoms with Crippen molar-refractivity contribution in [3.8, 4) is 0 Å². The molecule has 2 aromatic carbocycles. The van der Waals surface area contributed by atoms with E-state index in [0.717, 1.165) is 32.1 Å². The Morgan fingerprint density at radius 1 is 1.14 bits per heavy atom. The number of amidine groups is 1. The molecule has 1 atom stereocenters. The Hall–Kier alpha value is -3.69. The lowest BCUT2D eigenvalue weighted by Gasteiger charge is -2.27. The van der Waals surface area contributed by atoms with Crippen LogP contribution in [0.2, 0.25) is 5.02 Å². The normalized spacial score (nSPS) is 17.9.